The van der Waals surface area contributed by atoms with E-state index >= 15 is 4.79 Å². The molecule has 0 spiro atoms. The number of rotatable bonds is 9. The summed E-state index contributed by atoms with van der Waals surface area (Å²) >= 11 is 0. The highest BCUT2D eigenvalue weighted by molar-refractivity contribution is 7.91. The van der Waals surface area contributed by atoms with Crippen LogP contribution in [0, 0.1) is 29.6 Å². The number of nitrogens with zero attached hydrogens (tertiary/aromatic N) is 2. The molecule has 4 bridgehead atoms. The average Bonchev–Trinajstić information content (AvgIpc) is 4.24. The lowest BCUT2D eigenvalue weighted by atomic mass is 9.83. The quantitative estimate of drug-likeness (QED) is 0.227. The number of carbonyl (C=O) groups excluding carboxylic acids is 4. The van der Waals surface area contributed by atoms with Crippen LogP contribution in [0.15, 0.2) is 36.9 Å². The molecule has 3 heterocycles. The fourth-order valence-corrected chi connectivity index (χ4v) is 13.2. The molecular formula is C49H65N5O9S. The summed E-state index contributed by atoms with van der Waals surface area (Å²) < 4.78 is 47.7. The van der Waals surface area contributed by atoms with Crippen molar-refractivity contribution in [3.05, 3.63) is 42.5 Å². The number of benzene rings is 1. The van der Waals surface area contributed by atoms with Crippen molar-refractivity contribution in [2.45, 2.75) is 176 Å². The van der Waals surface area contributed by atoms with Crippen LogP contribution in [-0.2, 0) is 35.6 Å². The molecule has 2 aromatic rings. The molecular weight excluding hydrogens is 835 g/mol. The first-order chi connectivity index (χ1) is 30.8. The van der Waals surface area contributed by atoms with Crippen LogP contribution in [-0.4, -0.2) is 89.3 Å². The maximum Gasteiger partial charge on any atom is 0.408 e. The zero-order valence-electron chi connectivity index (χ0n) is 37.2. The van der Waals surface area contributed by atoms with E-state index in [1.165, 1.54) is 24.2 Å². The Kier molecular flexibility index (Phi) is 11.6. The first-order valence-corrected chi connectivity index (χ1v) is 25.9. The van der Waals surface area contributed by atoms with Crippen molar-refractivity contribution in [3.63, 3.8) is 0 Å². The second kappa shape index (κ2) is 17.1. The maximum absolute atomic E-state index is 15.2. The maximum atomic E-state index is 15.2. The Labute approximate surface area is 376 Å². The number of fused-ring (bicyclic) bond motifs is 7. The summed E-state index contributed by atoms with van der Waals surface area (Å²) in [6, 6.07) is 5.95. The number of sulfonamides is 1. The van der Waals surface area contributed by atoms with Gasteiger partial charge in [0.25, 0.3) is 5.91 Å². The summed E-state index contributed by atoms with van der Waals surface area (Å²) in [6.07, 6.45) is 16.7. The highest BCUT2D eigenvalue weighted by atomic mass is 32.2. The van der Waals surface area contributed by atoms with Crippen molar-refractivity contribution in [2.75, 3.05) is 6.54 Å². The highest BCUT2D eigenvalue weighted by Gasteiger charge is 2.63. The third-order valence-electron chi connectivity index (χ3n) is 16.3. The van der Waals surface area contributed by atoms with Crippen LogP contribution in [0.5, 0.6) is 11.6 Å². The van der Waals surface area contributed by atoms with Gasteiger partial charge in [-0.05, 0) is 120 Å². The fraction of sp³-hybridized carbons (Fsp3) is 0.694. The van der Waals surface area contributed by atoms with E-state index in [-0.39, 0.29) is 43.4 Å². The Bertz CT molecular complexity index is 2280. The van der Waals surface area contributed by atoms with E-state index in [4.69, 9.17) is 19.2 Å². The first-order valence-electron chi connectivity index (χ1n) is 24.4. The van der Waals surface area contributed by atoms with Crippen LogP contribution in [0.2, 0.25) is 0 Å². The number of hydrogen-bond acceptors (Lipinski definition) is 10. The van der Waals surface area contributed by atoms with E-state index in [1.807, 2.05) is 18.2 Å². The van der Waals surface area contributed by atoms with Crippen LogP contribution in [0.3, 0.4) is 0 Å². The van der Waals surface area contributed by atoms with Gasteiger partial charge in [-0.25, -0.2) is 18.2 Å². The first kappa shape index (κ1) is 43.5. The molecule has 7 fully saturated rings. The topological polar surface area (TPSA) is 182 Å². The largest absolute Gasteiger partial charge is 0.489 e. The third-order valence-corrected chi connectivity index (χ3v) is 18.5. The fourth-order valence-electron chi connectivity index (χ4n) is 11.9. The zero-order chi connectivity index (χ0) is 44.4. The average molecular weight is 900 g/mol. The van der Waals surface area contributed by atoms with Crippen LogP contribution in [0.1, 0.15) is 134 Å². The number of alkyl carbamates (subject to hydrolysis) is 1. The van der Waals surface area contributed by atoms with Crippen molar-refractivity contribution in [2.24, 2.45) is 29.6 Å². The van der Waals surface area contributed by atoms with Crippen LogP contribution >= 0.6 is 0 Å². The molecule has 1 aromatic carbocycles. The Morgan fingerprint density at radius 1 is 0.922 bits per heavy atom. The van der Waals surface area contributed by atoms with E-state index in [1.54, 1.807) is 13.0 Å². The van der Waals surface area contributed by atoms with E-state index in [0.717, 1.165) is 99.3 Å². The summed E-state index contributed by atoms with van der Waals surface area (Å²) in [4.78, 5) is 64.1. The summed E-state index contributed by atoms with van der Waals surface area (Å²) in [5, 5.41) is 6.84. The molecule has 0 radical (unpaired) electrons. The van der Waals surface area contributed by atoms with E-state index in [9.17, 15) is 22.8 Å². The molecule has 346 valence electrons. The van der Waals surface area contributed by atoms with Crippen molar-refractivity contribution >= 4 is 44.7 Å². The van der Waals surface area contributed by atoms with E-state index < -0.39 is 68.2 Å². The number of carbonyl (C=O) groups is 4. The van der Waals surface area contributed by atoms with E-state index in [0.29, 0.717) is 37.0 Å². The molecule has 1 aromatic heterocycles. The second-order valence-corrected chi connectivity index (χ2v) is 23.1. The lowest BCUT2D eigenvalue weighted by Gasteiger charge is -2.34. The van der Waals surface area contributed by atoms with Gasteiger partial charge in [-0.15, -0.1) is 6.58 Å². The Balaban J connectivity index is 0.997. The van der Waals surface area contributed by atoms with Crippen LogP contribution in [0.4, 0.5) is 4.79 Å². The number of nitrogens with one attached hydrogen (secondary N) is 3. The number of ether oxygens (including phenoxy) is 3. The van der Waals surface area contributed by atoms with Crippen LogP contribution < -0.4 is 24.8 Å². The Hall–Kier alpha value is -4.40. The number of pyridine rings is 1. The number of aromatic nitrogens is 1. The van der Waals surface area contributed by atoms with Gasteiger partial charge < -0.3 is 29.7 Å². The SMILES string of the molecule is C=C[C@H]1C[C@]1(NC(=O)[C@@H]1C[C@@H]2CN1C(=O)[C@H](C1CCCCC1)NC(=O)O[C@@H]1C[C@H]1CCCCCc1c(nc3ccccc3c1OC1C[C@H]3CC[C@@H](C1)C3)O2)C(=O)NS(=O)(=O)C1(C)CC1. The lowest BCUT2D eigenvalue weighted by Crippen LogP contribution is -2.59. The molecule has 10 rings (SSSR count). The van der Waals surface area contributed by atoms with Crippen molar-refractivity contribution in [3.8, 4) is 11.6 Å². The lowest BCUT2D eigenvalue weighted by molar-refractivity contribution is -0.142. The minimum atomic E-state index is -4.00. The molecule has 2 aliphatic heterocycles. The van der Waals surface area contributed by atoms with Gasteiger partial charge in [0.1, 0.15) is 35.6 Å². The molecule has 4 amide bonds. The van der Waals surface area contributed by atoms with Crippen molar-refractivity contribution in [1.29, 1.82) is 0 Å². The molecule has 8 aliphatic rings. The van der Waals surface area contributed by atoms with Gasteiger partial charge in [0, 0.05) is 17.7 Å². The summed E-state index contributed by atoms with van der Waals surface area (Å²) in [7, 11) is -4.00. The molecule has 64 heavy (non-hydrogen) atoms. The molecule has 10 atom stereocenters. The molecule has 6 aliphatic carbocycles. The van der Waals surface area contributed by atoms with Crippen LogP contribution in [0.25, 0.3) is 10.9 Å². The standard InChI is InChI=1S/C49H65N5O9S/c1-3-33-27-49(33,46(57)53-64(59,60)48(2)20-21-48)52-43(55)39-26-35-28-54(39)45(56)41(31-12-6-4-7-13-31)51-47(58)63-40-25-32(40)14-8-5-9-16-37-42(61-34-23-29-18-19-30(22-29)24-34)36-15-10-11-17-38(36)50-44(37)62-35/h3,10-11,15,17,29-35,39-41H,1,4-9,12-14,16,18-28H2,2H3,(H,51,58)(H,52,55)(H,53,57)/t29-,30+,32-,33+,34?,35-,39+,40-,41+,49-/m1/s1. The number of amides is 4. The smallest absolute Gasteiger partial charge is 0.408 e. The predicted molar refractivity (Wildman–Crippen MR) is 239 cm³/mol. The molecule has 15 heteroatoms. The molecule has 14 nitrogen and oxygen atoms in total. The molecule has 1 saturated heterocycles. The monoisotopic (exact) mass is 899 g/mol. The predicted octanol–water partition coefficient (Wildman–Crippen LogP) is 6.78. The molecule has 6 saturated carbocycles. The molecule has 1 unspecified atom stereocenters. The minimum Gasteiger partial charge on any atom is -0.489 e. The summed E-state index contributed by atoms with van der Waals surface area (Å²) in [5.74, 6) is 0.367. The van der Waals surface area contributed by atoms with Gasteiger partial charge in [0.05, 0.1) is 28.5 Å². The summed E-state index contributed by atoms with van der Waals surface area (Å²) in [6.45, 7) is 5.49. The van der Waals surface area contributed by atoms with E-state index in [2.05, 4.69) is 28.0 Å². The van der Waals surface area contributed by atoms with Gasteiger partial charge in [0.15, 0.2) is 0 Å². The van der Waals surface area contributed by atoms with Crippen molar-refractivity contribution in [1.82, 2.24) is 25.2 Å². The number of hydrogen-bond donors (Lipinski definition) is 3. The Morgan fingerprint density at radius 3 is 2.36 bits per heavy atom. The van der Waals surface area contributed by atoms with Gasteiger partial charge >= 0.3 is 6.09 Å². The van der Waals surface area contributed by atoms with Gasteiger partial charge in [-0.3, -0.25) is 19.1 Å². The van der Waals surface area contributed by atoms with Crippen molar-refractivity contribution < 1.29 is 41.8 Å². The number of para-hydroxylation sites is 1. The second-order valence-electron chi connectivity index (χ2n) is 20.9. The van der Waals surface area contributed by atoms with Gasteiger partial charge in [-0.1, -0.05) is 63.2 Å². The summed E-state index contributed by atoms with van der Waals surface area (Å²) in [5.41, 5.74) is 0.0848. The minimum absolute atomic E-state index is 0.0223. The van der Waals surface area contributed by atoms with Gasteiger partial charge in [0.2, 0.25) is 27.7 Å². The Morgan fingerprint density at radius 2 is 1.64 bits per heavy atom. The van der Waals surface area contributed by atoms with Gasteiger partial charge in [-0.2, -0.15) is 0 Å². The highest BCUT2D eigenvalue weighted by Crippen LogP contribution is 2.48. The molecule has 3 N–H and O–H groups in total. The third kappa shape index (κ3) is 8.59. The normalized spacial score (nSPS) is 35.0. The zero-order valence-corrected chi connectivity index (χ0v) is 38.0.